The Morgan fingerprint density at radius 3 is 2.84 bits per heavy atom. The molecule has 1 saturated heterocycles. The molecule has 1 aromatic carbocycles. The van der Waals surface area contributed by atoms with Gasteiger partial charge in [-0.3, -0.25) is 0 Å². The Hall–Kier alpha value is -0.820. The predicted molar refractivity (Wildman–Crippen MR) is 74.6 cm³/mol. The number of sulfonamides is 1. The van der Waals surface area contributed by atoms with Crippen molar-refractivity contribution in [3.05, 3.63) is 23.2 Å². The summed E-state index contributed by atoms with van der Waals surface area (Å²) in [4.78, 5) is 0.000894. The molecule has 106 valence electrons. The first-order valence-electron chi connectivity index (χ1n) is 5.99. The maximum Gasteiger partial charge on any atom is 0.242 e. The lowest BCUT2D eigenvalue weighted by molar-refractivity contribution is 0.0386. The summed E-state index contributed by atoms with van der Waals surface area (Å²) in [7, 11) is -3.71. The van der Waals surface area contributed by atoms with Crippen LogP contribution in [0, 0.1) is 0 Å². The van der Waals surface area contributed by atoms with E-state index in [0.29, 0.717) is 18.9 Å². The van der Waals surface area contributed by atoms with E-state index in [0.717, 1.165) is 12.8 Å². The minimum Gasteiger partial charge on any atom is -0.399 e. The number of ether oxygens (including phenoxy) is 1. The first-order chi connectivity index (χ1) is 8.82. The molecule has 1 aliphatic rings. The zero-order chi connectivity index (χ0) is 14.1. The molecule has 2 rings (SSSR count). The van der Waals surface area contributed by atoms with Crippen LogP contribution in [0.4, 0.5) is 5.69 Å². The third-order valence-corrected chi connectivity index (χ3v) is 5.18. The number of halogens is 1. The van der Waals surface area contributed by atoms with Gasteiger partial charge in [-0.2, -0.15) is 0 Å². The Balaban J connectivity index is 2.29. The molecule has 7 heteroatoms. The molecule has 5 nitrogen and oxygen atoms in total. The van der Waals surface area contributed by atoms with Gasteiger partial charge in [0.05, 0.1) is 17.2 Å². The summed E-state index contributed by atoms with van der Waals surface area (Å²) in [5.74, 6) is 0. The average molecular weight is 305 g/mol. The van der Waals surface area contributed by atoms with Gasteiger partial charge in [0.2, 0.25) is 10.0 Å². The molecule has 19 heavy (non-hydrogen) atoms. The second kappa shape index (κ2) is 5.28. The molecular weight excluding hydrogens is 288 g/mol. The van der Waals surface area contributed by atoms with Gasteiger partial charge in [-0.15, -0.1) is 0 Å². The monoisotopic (exact) mass is 304 g/mol. The number of hydrogen-bond acceptors (Lipinski definition) is 4. The Morgan fingerprint density at radius 1 is 1.47 bits per heavy atom. The average Bonchev–Trinajstić information content (AvgIpc) is 2.31. The SMILES string of the molecule is CC1(NS(=O)(=O)c2cc(N)ccc2Cl)CCCOC1. The highest BCUT2D eigenvalue weighted by atomic mass is 35.5. The highest BCUT2D eigenvalue weighted by molar-refractivity contribution is 7.89. The largest absolute Gasteiger partial charge is 0.399 e. The number of anilines is 1. The van der Waals surface area contributed by atoms with Crippen LogP contribution in [0.25, 0.3) is 0 Å². The highest BCUT2D eigenvalue weighted by Crippen LogP contribution is 2.27. The molecule has 1 aliphatic heterocycles. The third-order valence-electron chi connectivity index (χ3n) is 3.06. The number of hydrogen-bond donors (Lipinski definition) is 2. The van der Waals surface area contributed by atoms with Gasteiger partial charge < -0.3 is 10.5 Å². The molecule has 1 unspecified atom stereocenters. The van der Waals surface area contributed by atoms with Crippen molar-refractivity contribution in [1.82, 2.24) is 4.72 Å². The second-order valence-corrected chi connectivity index (χ2v) is 7.07. The van der Waals surface area contributed by atoms with Crippen LogP contribution in [-0.2, 0) is 14.8 Å². The van der Waals surface area contributed by atoms with E-state index < -0.39 is 15.6 Å². The Bertz CT molecular complexity index is 568. The first-order valence-corrected chi connectivity index (χ1v) is 7.85. The van der Waals surface area contributed by atoms with Gasteiger partial charge in [0, 0.05) is 12.3 Å². The fourth-order valence-electron chi connectivity index (χ4n) is 2.12. The molecule has 1 atom stereocenters. The maximum absolute atomic E-state index is 12.4. The number of nitrogens with one attached hydrogen (secondary N) is 1. The summed E-state index contributed by atoms with van der Waals surface area (Å²) in [5, 5.41) is 0.155. The molecule has 1 aromatic rings. The standard InChI is InChI=1S/C12H17ClN2O3S/c1-12(5-2-6-18-8-12)15-19(16,17)11-7-9(14)3-4-10(11)13/h3-4,7,15H,2,5-6,8,14H2,1H3. The zero-order valence-electron chi connectivity index (χ0n) is 10.6. The van der Waals surface area contributed by atoms with Crippen molar-refractivity contribution in [2.24, 2.45) is 0 Å². The van der Waals surface area contributed by atoms with Crippen LogP contribution in [0.2, 0.25) is 5.02 Å². The lowest BCUT2D eigenvalue weighted by atomic mass is 9.97. The van der Waals surface area contributed by atoms with E-state index in [1.54, 1.807) is 6.07 Å². The summed E-state index contributed by atoms with van der Waals surface area (Å²) in [6.45, 7) is 2.84. The summed E-state index contributed by atoms with van der Waals surface area (Å²) >= 11 is 5.94. The van der Waals surface area contributed by atoms with Gasteiger partial charge in [-0.05, 0) is 38.0 Å². The van der Waals surface area contributed by atoms with Crippen molar-refractivity contribution < 1.29 is 13.2 Å². The van der Waals surface area contributed by atoms with Gasteiger partial charge in [-0.1, -0.05) is 11.6 Å². The van der Waals surface area contributed by atoms with Gasteiger partial charge in [0.1, 0.15) is 4.90 Å². The van der Waals surface area contributed by atoms with Gasteiger partial charge in [0.15, 0.2) is 0 Å². The summed E-state index contributed by atoms with van der Waals surface area (Å²) < 4.78 is 32.7. The van der Waals surface area contributed by atoms with Crippen molar-refractivity contribution in [2.75, 3.05) is 18.9 Å². The number of benzene rings is 1. The summed E-state index contributed by atoms with van der Waals surface area (Å²) in [5.41, 5.74) is 5.36. The lowest BCUT2D eigenvalue weighted by Crippen LogP contribution is -2.51. The fourth-order valence-corrected chi connectivity index (χ4v) is 4.08. The van der Waals surface area contributed by atoms with Crippen molar-refractivity contribution in [2.45, 2.75) is 30.2 Å². The molecule has 0 saturated carbocycles. The van der Waals surface area contributed by atoms with Crippen molar-refractivity contribution in [3.8, 4) is 0 Å². The molecule has 0 radical (unpaired) electrons. The van der Waals surface area contributed by atoms with Crippen molar-refractivity contribution >= 4 is 27.3 Å². The second-order valence-electron chi connectivity index (χ2n) is 5.01. The molecule has 1 heterocycles. The molecule has 0 bridgehead atoms. The molecular formula is C12H17ClN2O3S. The molecule has 1 fully saturated rings. The molecule has 0 aliphatic carbocycles. The van der Waals surface area contributed by atoms with Crippen LogP contribution in [-0.4, -0.2) is 27.2 Å². The predicted octanol–water partition coefficient (Wildman–Crippen LogP) is 1.77. The number of rotatable bonds is 3. The maximum atomic E-state index is 12.4. The quantitative estimate of drug-likeness (QED) is 0.834. The minimum atomic E-state index is -3.71. The van der Waals surface area contributed by atoms with E-state index in [-0.39, 0.29) is 9.92 Å². The Kier molecular flexibility index (Phi) is 4.06. The van der Waals surface area contributed by atoms with Crippen LogP contribution in [0.5, 0.6) is 0 Å². The van der Waals surface area contributed by atoms with Crippen LogP contribution in [0.1, 0.15) is 19.8 Å². The molecule has 0 amide bonds. The fraction of sp³-hybridized carbons (Fsp3) is 0.500. The smallest absolute Gasteiger partial charge is 0.242 e. The topological polar surface area (TPSA) is 81.4 Å². The highest BCUT2D eigenvalue weighted by Gasteiger charge is 2.33. The third kappa shape index (κ3) is 3.39. The summed E-state index contributed by atoms with van der Waals surface area (Å²) in [6.07, 6.45) is 1.55. The van der Waals surface area contributed by atoms with Crippen LogP contribution >= 0.6 is 11.6 Å². The van der Waals surface area contributed by atoms with E-state index in [2.05, 4.69) is 4.72 Å². The Morgan fingerprint density at radius 2 is 2.21 bits per heavy atom. The Labute approximate surface area is 118 Å². The normalized spacial score (nSPS) is 24.3. The van der Waals surface area contributed by atoms with Crippen LogP contribution in [0.3, 0.4) is 0 Å². The van der Waals surface area contributed by atoms with Gasteiger partial charge in [-0.25, -0.2) is 13.1 Å². The molecule has 0 aromatic heterocycles. The van der Waals surface area contributed by atoms with E-state index in [1.807, 2.05) is 6.92 Å². The van der Waals surface area contributed by atoms with Gasteiger partial charge in [0.25, 0.3) is 0 Å². The number of nitrogens with two attached hydrogens (primary N) is 1. The lowest BCUT2D eigenvalue weighted by Gasteiger charge is -2.33. The van der Waals surface area contributed by atoms with Gasteiger partial charge >= 0.3 is 0 Å². The van der Waals surface area contributed by atoms with E-state index >= 15 is 0 Å². The van der Waals surface area contributed by atoms with Crippen LogP contribution < -0.4 is 10.5 Å². The van der Waals surface area contributed by atoms with Crippen LogP contribution in [0.15, 0.2) is 23.1 Å². The number of nitrogen functional groups attached to an aromatic ring is 1. The molecule has 0 spiro atoms. The van der Waals surface area contributed by atoms with Crippen molar-refractivity contribution in [3.63, 3.8) is 0 Å². The van der Waals surface area contributed by atoms with Crippen molar-refractivity contribution in [1.29, 1.82) is 0 Å². The molecule has 3 N–H and O–H groups in total. The van der Waals surface area contributed by atoms with E-state index in [9.17, 15) is 8.42 Å². The zero-order valence-corrected chi connectivity index (χ0v) is 12.2. The van der Waals surface area contributed by atoms with E-state index in [1.165, 1.54) is 12.1 Å². The minimum absolute atomic E-state index is 0.000894. The summed E-state index contributed by atoms with van der Waals surface area (Å²) in [6, 6.07) is 4.40. The van der Waals surface area contributed by atoms with E-state index in [4.69, 9.17) is 22.1 Å². The first kappa shape index (κ1) is 14.6.